The monoisotopic (exact) mass is 736 g/mol. The lowest BCUT2D eigenvalue weighted by molar-refractivity contribution is 0.188. The van der Waals surface area contributed by atoms with Crippen LogP contribution in [0.15, 0.2) is 89.8 Å². The minimum atomic E-state index is -4.11. The van der Waals surface area contributed by atoms with Gasteiger partial charge in [0.2, 0.25) is 15.8 Å². The van der Waals surface area contributed by atoms with Crippen molar-refractivity contribution in [3.8, 4) is 34.0 Å². The van der Waals surface area contributed by atoms with Gasteiger partial charge in [0.15, 0.2) is 0 Å². The molecule has 0 saturated carbocycles. The van der Waals surface area contributed by atoms with Gasteiger partial charge in [-0.2, -0.15) is 4.80 Å². The molecule has 0 unspecified atom stereocenters. The standard InChI is InChI=1S/C40H48N8O4S/c1-51-35-12-3-29(4-13-35)24-43-53(49,50)39-33(23-28-17-20-47(21-18-28)22-19-41)11-16-37(32-9-7-31(8-10-32)34-25-42-26-34)38(39)40-44-46-48(45-40)27-30-5-14-36(52-2)15-6-30/h3-16,28,34,42-43H,17-27,41H2,1-2H3. The molecule has 1 aromatic heterocycles. The Morgan fingerprint density at radius 2 is 1.53 bits per heavy atom. The van der Waals surface area contributed by atoms with E-state index in [9.17, 15) is 8.42 Å². The van der Waals surface area contributed by atoms with Crippen LogP contribution in [0.1, 0.15) is 41.0 Å². The Morgan fingerprint density at radius 1 is 0.868 bits per heavy atom. The molecule has 53 heavy (non-hydrogen) atoms. The second kappa shape index (κ2) is 16.6. The maximum atomic E-state index is 14.8. The van der Waals surface area contributed by atoms with E-state index in [1.165, 1.54) is 10.4 Å². The van der Waals surface area contributed by atoms with Crippen LogP contribution in [-0.2, 0) is 29.5 Å². The van der Waals surface area contributed by atoms with E-state index in [0.29, 0.717) is 42.7 Å². The molecule has 278 valence electrons. The van der Waals surface area contributed by atoms with E-state index in [0.717, 1.165) is 79.1 Å². The van der Waals surface area contributed by atoms with Crippen LogP contribution in [0, 0.1) is 5.92 Å². The molecule has 12 nitrogen and oxygen atoms in total. The SMILES string of the molecule is COc1ccc(CNS(=O)(=O)c2c(CC3CCN(CCN)CC3)ccc(-c3ccc(C4CNC4)cc3)c2-c2nnn(Cc3ccc(OC)cc3)n2)cc1. The van der Waals surface area contributed by atoms with Crippen molar-refractivity contribution in [3.63, 3.8) is 0 Å². The smallest absolute Gasteiger partial charge is 0.241 e. The summed E-state index contributed by atoms with van der Waals surface area (Å²) in [5.74, 6) is 2.50. The highest BCUT2D eigenvalue weighted by molar-refractivity contribution is 7.89. The lowest BCUT2D eigenvalue weighted by atomic mass is 9.87. The number of methoxy groups -OCH3 is 2. The maximum absolute atomic E-state index is 14.8. The summed E-state index contributed by atoms with van der Waals surface area (Å²) in [6.45, 7) is 5.74. The van der Waals surface area contributed by atoms with Gasteiger partial charge in [-0.25, -0.2) is 13.1 Å². The molecule has 2 fully saturated rings. The van der Waals surface area contributed by atoms with Gasteiger partial charge >= 0.3 is 0 Å². The first-order valence-electron chi connectivity index (χ1n) is 18.3. The number of tetrazole rings is 1. The Morgan fingerprint density at radius 3 is 2.13 bits per heavy atom. The second-order valence-corrected chi connectivity index (χ2v) is 15.6. The van der Waals surface area contributed by atoms with E-state index in [1.54, 1.807) is 14.2 Å². The quantitative estimate of drug-likeness (QED) is 0.141. The van der Waals surface area contributed by atoms with Crippen LogP contribution in [0.2, 0.25) is 0 Å². The molecule has 0 radical (unpaired) electrons. The van der Waals surface area contributed by atoms with E-state index >= 15 is 0 Å². The van der Waals surface area contributed by atoms with Gasteiger partial charge in [-0.05, 0) is 101 Å². The number of nitrogens with zero attached hydrogens (tertiary/aromatic N) is 5. The molecule has 3 heterocycles. The molecule has 4 aromatic carbocycles. The summed E-state index contributed by atoms with van der Waals surface area (Å²) in [6.07, 6.45) is 2.53. The number of likely N-dealkylation sites (tertiary alicyclic amines) is 1. The Balaban J connectivity index is 1.31. The summed E-state index contributed by atoms with van der Waals surface area (Å²) in [5.41, 5.74) is 11.7. The molecule has 0 amide bonds. The Labute approximate surface area is 311 Å². The molecule has 0 aliphatic carbocycles. The van der Waals surface area contributed by atoms with Crippen molar-refractivity contribution in [2.24, 2.45) is 11.7 Å². The van der Waals surface area contributed by atoms with Crippen molar-refractivity contribution in [2.45, 2.75) is 43.2 Å². The lowest BCUT2D eigenvalue weighted by Crippen LogP contribution is -2.39. The highest BCUT2D eigenvalue weighted by Gasteiger charge is 2.31. The molecular weight excluding hydrogens is 689 g/mol. The summed E-state index contributed by atoms with van der Waals surface area (Å²) in [7, 11) is -0.868. The summed E-state index contributed by atoms with van der Waals surface area (Å²) in [6, 6.07) is 27.5. The molecule has 2 saturated heterocycles. The van der Waals surface area contributed by atoms with E-state index in [1.807, 2.05) is 60.7 Å². The number of aromatic nitrogens is 4. The average molecular weight is 737 g/mol. The van der Waals surface area contributed by atoms with E-state index in [-0.39, 0.29) is 17.3 Å². The van der Waals surface area contributed by atoms with Gasteiger partial charge in [0, 0.05) is 38.6 Å². The minimum absolute atomic E-state index is 0.106. The summed E-state index contributed by atoms with van der Waals surface area (Å²) < 4.78 is 43.1. The number of hydrogen-bond donors (Lipinski definition) is 3. The van der Waals surface area contributed by atoms with Gasteiger partial charge in [0.1, 0.15) is 11.5 Å². The minimum Gasteiger partial charge on any atom is -0.497 e. The van der Waals surface area contributed by atoms with Gasteiger partial charge in [0.05, 0.1) is 31.2 Å². The fraction of sp³-hybridized carbons (Fsp3) is 0.375. The third-order valence-corrected chi connectivity index (χ3v) is 12.0. The Bertz CT molecular complexity index is 2080. The fourth-order valence-electron chi connectivity index (χ4n) is 7.22. The van der Waals surface area contributed by atoms with Crippen LogP contribution in [0.4, 0.5) is 0 Å². The first kappa shape index (κ1) is 36.7. The molecule has 13 heteroatoms. The number of sulfonamides is 1. The first-order chi connectivity index (χ1) is 25.8. The molecular formula is C40H48N8O4S. The second-order valence-electron chi connectivity index (χ2n) is 13.9. The van der Waals surface area contributed by atoms with E-state index in [2.05, 4.69) is 49.5 Å². The zero-order valence-electron chi connectivity index (χ0n) is 30.4. The third-order valence-electron chi connectivity index (χ3n) is 10.4. The Hall–Kier alpha value is -4.66. The van der Waals surface area contributed by atoms with Crippen LogP contribution >= 0.6 is 0 Å². The number of rotatable bonds is 15. The first-order valence-corrected chi connectivity index (χ1v) is 19.7. The molecule has 0 spiro atoms. The normalized spacial score (nSPS) is 15.7. The van der Waals surface area contributed by atoms with Crippen molar-refractivity contribution in [3.05, 3.63) is 107 Å². The van der Waals surface area contributed by atoms with Gasteiger partial charge < -0.3 is 25.4 Å². The van der Waals surface area contributed by atoms with Crippen molar-refractivity contribution in [1.29, 1.82) is 0 Å². The molecule has 5 aromatic rings. The molecule has 0 atom stereocenters. The number of nitrogens with two attached hydrogens (primary N) is 1. The van der Waals surface area contributed by atoms with Crippen LogP contribution in [-0.4, -0.2) is 87.0 Å². The largest absolute Gasteiger partial charge is 0.497 e. The highest BCUT2D eigenvalue weighted by Crippen LogP contribution is 2.40. The molecule has 2 aliphatic rings. The predicted molar refractivity (Wildman–Crippen MR) is 205 cm³/mol. The zero-order valence-corrected chi connectivity index (χ0v) is 31.2. The number of piperidine rings is 1. The van der Waals surface area contributed by atoms with Crippen molar-refractivity contribution < 1.29 is 17.9 Å². The average Bonchev–Trinajstić information content (AvgIpc) is 3.63. The third kappa shape index (κ3) is 8.61. The van der Waals surface area contributed by atoms with Gasteiger partial charge in [-0.3, -0.25) is 0 Å². The molecule has 0 bridgehead atoms. The van der Waals surface area contributed by atoms with Crippen LogP contribution in [0.5, 0.6) is 11.5 Å². The molecule has 4 N–H and O–H groups in total. The number of ether oxygens (including phenoxy) is 2. The van der Waals surface area contributed by atoms with Gasteiger partial charge in [0.25, 0.3) is 0 Å². The van der Waals surface area contributed by atoms with Crippen LogP contribution in [0.25, 0.3) is 22.5 Å². The molecule has 2 aliphatic heterocycles. The predicted octanol–water partition coefficient (Wildman–Crippen LogP) is 4.45. The number of benzene rings is 4. The summed E-state index contributed by atoms with van der Waals surface area (Å²) >= 11 is 0. The summed E-state index contributed by atoms with van der Waals surface area (Å²) in [5, 5.41) is 17.1. The maximum Gasteiger partial charge on any atom is 0.241 e. The topological polar surface area (TPSA) is 150 Å². The summed E-state index contributed by atoms with van der Waals surface area (Å²) in [4.78, 5) is 4.09. The van der Waals surface area contributed by atoms with Crippen molar-refractivity contribution in [1.82, 2.24) is 35.1 Å². The van der Waals surface area contributed by atoms with Crippen LogP contribution in [0.3, 0.4) is 0 Å². The van der Waals surface area contributed by atoms with E-state index < -0.39 is 10.0 Å². The fourth-order valence-corrected chi connectivity index (χ4v) is 8.69. The zero-order chi connectivity index (χ0) is 36.8. The number of nitrogens with one attached hydrogen (secondary N) is 2. The van der Waals surface area contributed by atoms with Gasteiger partial charge in [-0.15, -0.1) is 10.2 Å². The van der Waals surface area contributed by atoms with E-state index in [4.69, 9.17) is 20.3 Å². The van der Waals surface area contributed by atoms with Crippen molar-refractivity contribution in [2.75, 3.05) is 53.5 Å². The molecule has 7 rings (SSSR count). The number of hydrogen-bond acceptors (Lipinski definition) is 10. The highest BCUT2D eigenvalue weighted by atomic mass is 32.2. The lowest BCUT2D eigenvalue weighted by Gasteiger charge is -2.32. The van der Waals surface area contributed by atoms with Crippen molar-refractivity contribution >= 4 is 10.0 Å². The van der Waals surface area contributed by atoms with Crippen LogP contribution < -0.4 is 25.2 Å². The van der Waals surface area contributed by atoms with Gasteiger partial charge in [-0.1, -0.05) is 60.7 Å². The Kier molecular flexibility index (Phi) is 11.5.